The number of rotatable bonds is 3. The van der Waals surface area contributed by atoms with Crippen molar-refractivity contribution in [3.8, 4) is 0 Å². The summed E-state index contributed by atoms with van der Waals surface area (Å²) >= 11 is 0. The van der Waals surface area contributed by atoms with E-state index in [2.05, 4.69) is 13.8 Å². The van der Waals surface area contributed by atoms with Gasteiger partial charge in [0, 0.05) is 31.7 Å². The van der Waals surface area contributed by atoms with Crippen LogP contribution >= 0.6 is 0 Å². The molecule has 2 aliphatic heterocycles. The molecule has 160 valence electrons. The molecular formula is C23H34N2O3S. The SMILES string of the molecule is C[C@@H]1C[C@H](C)CN(S(=O)(=O)c2ccc(C(=O)N3CC[C@@H]4CCCC[C@@H]4C3)cc2)C1. The average Bonchev–Trinajstić information content (AvgIpc) is 2.72. The molecule has 1 aromatic carbocycles. The van der Waals surface area contributed by atoms with Crippen molar-refractivity contribution >= 4 is 15.9 Å². The second-order valence-corrected chi connectivity index (χ2v) is 11.6. The Kier molecular flexibility index (Phi) is 6.03. The summed E-state index contributed by atoms with van der Waals surface area (Å²) in [5, 5.41) is 0. The number of fused-ring (bicyclic) bond motifs is 1. The van der Waals surface area contributed by atoms with Gasteiger partial charge in [0.15, 0.2) is 0 Å². The zero-order valence-corrected chi connectivity index (χ0v) is 18.5. The van der Waals surface area contributed by atoms with Gasteiger partial charge in [-0.2, -0.15) is 4.31 Å². The molecule has 5 nitrogen and oxygen atoms in total. The third kappa shape index (κ3) is 4.38. The first-order chi connectivity index (χ1) is 13.8. The van der Waals surface area contributed by atoms with Crippen LogP contribution in [0.1, 0.15) is 62.7 Å². The summed E-state index contributed by atoms with van der Waals surface area (Å²) in [5.74, 6) is 2.21. The maximum Gasteiger partial charge on any atom is 0.253 e. The van der Waals surface area contributed by atoms with Gasteiger partial charge in [0.25, 0.3) is 5.91 Å². The Labute approximate surface area is 175 Å². The fourth-order valence-corrected chi connectivity index (χ4v) is 7.37. The predicted molar refractivity (Wildman–Crippen MR) is 114 cm³/mol. The Morgan fingerprint density at radius 1 is 0.897 bits per heavy atom. The van der Waals surface area contributed by atoms with Crippen molar-refractivity contribution in [2.45, 2.75) is 57.3 Å². The number of sulfonamides is 1. The molecule has 0 radical (unpaired) electrons. The van der Waals surface area contributed by atoms with E-state index in [1.54, 1.807) is 28.6 Å². The average molecular weight is 419 g/mol. The van der Waals surface area contributed by atoms with E-state index in [0.29, 0.717) is 41.3 Å². The smallest absolute Gasteiger partial charge is 0.253 e. The molecule has 2 heterocycles. The van der Waals surface area contributed by atoms with Crippen LogP contribution in [0.4, 0.5) is 0 Å². The molecule has 0 aromatic heterocycles. The number of piperidine rings is 2. The lowest BCUT2D eigenvalue weighted by molar-refractivity contribution is 0.0521. The molecule has 0 N–H and O–H groups in total. The van der Waals surface area contributed by atoms with Crippen molar-refractivity contribution in [1.82, 2.24) is 9.21 Å². The number of carbonyl (C=O) groups excluding carboxylic acids is 1. The summed E-state index contributed by atoms with van der Waals surface area (Å²) in [6.07, 6.45) is 7.33. The summed E-state index contributed by atoms with van der Waals surface area (Å²) in [5.41, 5.74) is 0.596. The Morgan fingerprint density at radius 3 is 2.17 bits per heavy atom. The van der Waals surface area contributed by atoms with E-state index in [0.717, 1.165) is 31.8 Å². The van der Waals surface area contributed by atoms with Crippen LogP contribution in [-0.4, -0.2) is 49.7 Å². The number of hydrogen-bond acceptors (Lipinski definition) is 3. The van der Waals surface area contributed by atoms with Gasteiger partial charge in [-0.05, 0) is 67.2 Å². The van der Waals surface area contributed by atoms with Gasteiger partial charge in [-0.15, -0.1) is 0 Å². The first kappa shape index (κ1) is 20.9. The summed E-state index contributed by atoms with van der Waals surface area (Å²) in [6, 6.07) is 6.61. The van der Waals surface area contributed by atoms with E-state index in [1.807, 2.05) is 4.90 Å². The fourth-order valence-electron chi connectivity index (χ4n) is 5.69. The first-order valence-electron chi connectivity index (χ1n) is 11.2. The quantitative estimate of drug-likeness (QED) is 0.745. The van der Waals surface area contributed by atoms with E-state index in [-0.39, 0.29) is 5.91 Å². The van der Waals surface area contributed by atoms with Crippen LogP contribution in [0.3, 0.4) is 0 Å². The van der Waals surface area contributed by atoms with Gasteiger partial charge in [0.05, 0.1) is 4.90 Å². The Hall–Kier alpha value is -1.40. The first-order valence-corrected chi connectivity index (χ1v) is 12.7. The molecule has 3 aliphatic rings. The minimum Gasteiger partial charge on any atom is -0.338 e. The molecule has 4 atom stereocenters. The topological polar surface area (TPSA) is 57.7 Å². The Balaban J connectivity index is 1.45. The Bertz CT molecular complexity index is 826. The van der Waals surface area contributed by atoms with Crippen molar-refractivity contribution in [2.75, 3.05) is 26.2 Å². The number of carbonyl (C=O) groups is 1. The highest BCUT2D eigenvalue weighted by Gasteiger charge is 2.34. The lowest BCUT2D eigenvalue weighted by Crippen LogP contribution is -2.44. The third-order valence-electron chi connectivity index (χ3n) is 7.15. The van der Waals surface area contributed by atoms with E-state index in [9.17, 15) is 13.2 Å². The van der Waals surface area contributed by atoms with E-state index >= 15 is 0 Å². The highest BCUT2D eigenvalue weighted by atomic mass is 32.2. The standard InChI is InChI=1S/C23H34N2O3S/c1-17-13-18(2)15-25(14-17)29(27,28)22-9-7-20(8-10-22)23(26)24-12-11-19-5-3-4-6-21(19)16-24/h7-10,17-19,21H,3-6,11-16H2,1-2H3/t17-,18+,19-,21+/m0/s1. The summed E-state index contributed by atoms with van der Waals surface area (Å²) < 4.78 is 27.7. The van der Waals surface area contributed by atoms with Gasteiger partial charge in [0.1, 0.15) is 0 Å². The van der Waals surface area contributed by atoms with Crippen LogP contribution in [0.15, 0.2) is 29.2 Å². The maximum atomic E-state index is 13.0. The molecule has 1 aromatic rings. The molecule has 0 bridgehead atoms. The van der Waals surface area contributed by atoms with Gasteiger partial charge >= 0.3 is 0 Å². The number of likely N-dealkylation sites (tertiary alicyclic amines) is 1. The zero-order chi connectivity index (χ0) is 20.6. The number of nitrogens with zero attached hydrogens (tertiary/aromatic N) is 2. The van der Waals surface area contributed by atoms with Crippen LogP contribution in [0.25, 0.3) is 0 Å². The monoisotopic (exact) mass is 418 g/mol. The Morgan fingerprint density at radius 2 is 1.52 bits per heavy atom. The van der Waals surface area contributed by atoms with E-state index < -0.39 is 10.0 Å². The van der Waals surface area contributed by atoms with Crippen molar-refractivity contribution in [3.63, 3.8) is 0 Å². The molecule has 1 saturated carbocycles. The van der Waals surface area contributed by atoms with Crippen molar-refractivity contribution in [1.29, 1.82) is 0 Å². The molecule has 4 rings (SSSR count). The summed E-state index contributed by atoms with van der Waals surface area (Å²) in [7, 11) is -3.50. The summed E-state index contributed by atoms with van der Waals surface area (Å²) in [6.45, 7) is 7.04. The highest BCUT2D eigenvalue weighted by Crippen LogP contribution is 2.36. The minimum absolute atomic E-state index is 0.0400. The minimum atomic E-state index is -3.50. The van der Waals surface area contributed by atoms with Crippen LogP contribution in [0.5, 0.6) is 0 Å². The second kappa shape index (κ2) is 8.38. The van der Waals surface area contributed by atoms with Crippen LogP contribution in [0, 0.1) is 23.7 Å². The number of hydrogen-bond donors (Lipinski definition) is 0. The lowest BCUT2D eigenvalue weighted by Gasteiger charge is -2.41. The molecule has 0 unspecified atom stereocenters. The molecule has 3 fully saturated rings. The van der Waals surface area contributed by atoms with E-state index in [1.165, 1.54) is 25.7 Å². The van der Waals surface area contributed by atoms with Crippen molar-refractivity contribution in [2.24, 2.45) is 23.7 Å². The maximum absolute atomic E-state index is 13.0. The molecule has 29 heavy (non-hydrogen) atoms. The molecule has 1 amide bonds. The molecule has 0 spiro atoms. The molecule has 2 saturated heterocycles. The number of benzene rings is 1. The third-order valence-corrected chi connectivity index (χ3v) is 9.00. The zero-order valence-electron chi connectivity index (χ0n) is 17.7. The van der Waals surface area contributed by atoms with Gasteiger partial charge in [-0.25, -0.2) is 8.42 Å². The van der Waals surface area contributed by atoms with E-state index in [4.69, 9.17) is 0 Å². The van der Waals surface area contributed by atoms with Gasteiger partial charge < -0.3 is 4.90 Å². The molecular weight excluding hydrogens is 384 g/mol. The molecule has 1 aliphatic carbocycles. The van der Waals surface area contributed by atoms with Crippen LogP contribution < -0.4 is 0 Å². The van der Waals surface area contributed by atoms with Crippen molar-refractivity contribution < 1.29 is 13.2 Å². The van der Waals surface area contributed by atoms with Gasteiger partial charge in [-0.3, -0.25) is 4.79 Å². The molecule has 6 heteroatoms. The largest absolute Gasteiger partial charge is 0.338 e. The van der Waals surface area contributed by atoms with Gasteiger partial charge in [-0.1, -0.05) is 33.1 Å². The highest BCUT2D eigenvalue weighted by molar-refractivity contribution is 7.89. The van der Waals surface area contributed by atoms with Crippen LogP contribution in [-0.2, 0) is 10.0 Å². The van der Waals surface area contributed by atoms with Gasteiger partial charge in [0.2, 0.25) is 10.0 Å². The summed E-state index contributed by atoms with van der Waals surface area (Å²) in [4.78, 5) is 15.3. The fraction of sp³-hybridized carbons (Fsp3) is 0.696. The second-order valence-electron chi connectivity index (χ2n) is 9.64. The predicted octanol–water partition coefficient (Wildman–Crippen LogP) is 4.01. The normalized spacial score (nSPS) is 31.3. The number of amides is 1. The lowest BCUT2D eigenvalue weighted by atomic mass is 9.75. The van der Waals surface area contributed by atoms with Crippen LogP contribution in [0.2, 0.25) is 0 Å². The van der Waals surface area contributed by atoms with Crippen molar-refractivity contribution in [3.05, 3.63) is 29.8 Å².